The monoisotopic (exact) mass is 618 g/mol. The molecule has 1 saturated heterocycles. The maximum Gasteiger partial charge on any atom is 0.307 e. The Bertz CT molecular complexity index is 1380. The van der Waals surface area contributed by atoms with Gasteiger partial charge in [-0.2, -0.15) is 9.94 Å². The van der Waals surface area contributed by atoms with Crippen LogP contribution in [0.2, 0.25) is 0 Å². The third-order valence-corrected chi connectivity index (χ3v) is 8.82. The summed E-state index contributed by atoms with van der Waals surface area (Å²) in [7, 11) is -4.24. The van der Waals surface area contributed by atoms with Crippen molar-refractivity contribution in [2.24, 2.45) is 11.7 Å². The first-order chi connectivity index (χ1) is 20.6. The molecular formula is C26H38N10O6S. The smallest absolute Gasteiger partial charge is 0.307 e. The van der Waals surface area contributed by atoms with E-state index in [0.29, 0.717) is 38.0 Å². The molecule has 2 atom stereocenters. The van der Waals surface area contributed by atoms with E-state index in [2.05, 4.69) is 30.7 Å². The van der Waals surface area contributed by atoms with E-state index in [9.17, 15) is 22.8 Å². The van der Waals surface area contributed by atoms with Crippen molar-refractivity contribution in [1.29, 1.82) is 5.41 Å². The van der Waals surface area contributed by atoms with Crippen molar-refractivity contribution in [3.05, 3.63) is 24.3 Å². The predicted octanol–water partition coefficient (Wildman–Crippen LogP) is -0.430. The van der Waals surface area contributed by atoms with Crippen molar-refractivity contribution in [3.8, 4) is 11.4 Å². The van der Waals surface area contributed by atoms with E-state index in [-0.39, 0.29) is 48.2 Å². The van der Waals surface area contributed by atoms with Gasteiger partial charge in [-0.25, -0.2) is 8.42 Å². The molecule has 2 aromatic rings. The molecule has 2 fully saturated rings. The Morgan fingerprint density at radius 2 is 1.98 bits per heavy atom. The van der Waals surface area contributed by atoms with Crippen LogP contribution in [-0.2, 0) is 29.1 Å². The number of piperidine rings is 1. The first-order valence-corrected chi connectivity index (χ1v) is 15.7. The standard InChI is InChI=1S/C26H38N10O6S/c1-2-42-23(38)11-13-36(19-7-8-19)25(39)21(14-22(37)29-15-17-4-3-12-35(16-17)26(27)28)32-43(40,41)20-9-5-18(6-10-20)24-30-33-34-31-24/h5-6,9-10,17,19,21,32H,2-4,7-8,11-16H2,1H3,(H3,27,28)(H,29,37)(H,30,31,33,34)/t17-,21-/m0/s1. The van der Waals surface area contributed by atoms with Gasteiger partial charge >= 0.3 is 5.97 Å². The van der Waals surface area contributed by atoms with Crippen LogP contribution in [0.1, 0.15) is 45.4 Å². The number of nitrogens with zero attached hydrogens (tertiary/aromatic N) is 5. The third-order valence-electron chi connectivity index (χ3n) is 7.33. The fourth-order valence-corrected chi connectivity index (χ4v) is 6.16. The summed E-state index contributed by atoms with van der Waals surface area (Å²) >= 11 is 0. The summed E-state index contributed by atoms with van der Waals surface area (Å²) in [5, 5.41) is 24.0. The van der Waals surface area contributed by atoms with Gasteiger partial charge in [0.2, 0.25) is 27.7 Å². The average Bonchev–Trinajstić information content (AvgIpc) is 3.67. The van der Waals surface area contributed by atoms with Crippen molar-refractivity contribution in [2.45, 2.75) is 62.4 Å². The van der Waals surface area contributed by atoms with Gasteiger partial charge in [0.15, 0.2) is 5.96 Å². The predicted molar refractivity (Wildman–Crippen MR) is 154 cm³/mol. The highest BCUT2D eigenvalue weighted by Gasteiger charge is 2.38. The van der Waals surface area contributed by atoms with E-state index in [1.165, 1.54) is 29.2 Å². The second-order valence-electron chi connectivity index (χ2n) is 10.6. The topological polar surface area (TPSA) is 229 Å². The molecule has 0 spiro atoms. The number of guanidine groups is 1. The largest absolute Gasteiger partial charge is 0.466 e. The number of amides is 2. The molecule has 4 rings (SSSR count). The fraction of sp³-hybridized carbons (Fsp3) is 0.577. The van der Waals surface area contributed by atoms with Crippen LogP contribution in [0, 0.1) is 11.3 Å². The highest BCUT2D eigenvalue weighted by Crippen LogP contribution is 2.28. The molecule has 1 aromatic carbocycles. The molecule has 2 amide bonds. The van der Waals surface area contributed by atoms with Crippen molar-refractivity contribution < 1.29 is 27.5 Å². The number of carbonyl (C=O) groups excluding carboxylic acids is 3. The van der Waals surface area contributed by atoms with Crippen LogP contribution in [0.15, 0.2) is 29.2 Å². The Balaban J connectivity index is 1.48. The first kappa shape index (κ1) is 31.8. The molecule has 2 heterocycles. The SMILES string of the molecule is CCOC(=O)CCN(C(=O)[C@H](CC(=O)NC[C@@H]1CCCN(C(=N)N)C1)NS(=O)(=O)c1ccc(-c2nn[nH]n2)cc1)C1CC1. The second-order valence-corrected chi connectivity index (χ2v) is 12.3. The first-order valence-electron chi connectivity index (χ1n) is 14.2. The van der Waals surface area contributed by atoms with Crippen LogP contribution in [0.3, 0.4) is 0 Å². The molecule has 0 bridgehead atoms. The summed E-state index contributed by atoms with van der Waals surface area (Å²) in [5.74, 6) is -1.25. The van der Waals surface area contributed by atoms with E-state index in [1.54, 1.807) is 11.8 Å². The number of benzene rings is 1. The molecule has 1 aromatic heterocycles. The third kappa shape index (κ3) is 8.93. The highest BCUT2D eigenvalue weighted by atomic mass is 32.2. The zero-order chi connectivity index (χ0) is 31.0. The highest BCUT2D eigenvalue weighted by molar-refractivity contribution is 7.89. The summed E-state index contributed by atoms with van der Waals surface area (Å²) in [6, 6.07) is 4.15. The van der Waals surface area contributed by atoms with Crippen molar-refractivity contribution >= 4 is 33.8 Å². The number of ether oxygens (including phenoxy) is 1. The van der Waals surface area contributed by atoms with E-state index >= 15 is 0 Å². The Labute approximate surface area is 249 Å². The number of nitrogens with one attached hydrogen (secondary N) is 4. The van der Waals surface area contributed by atoms with Crippen LogP contribution in [0.4, 0.5) is 0 Å². The molecule has 0 radical (unpaired) electrons. The van der Waals surface area contributed by atoms with Gasteiger partial charge in [0, 0.05) is 37.8 Å². The summed E-state index contributed by atoms with van der Waals surface area (Å²) in [6.45, 7) is 3.43. The van der Waals surface area contributed by atoms with Crippen LogP contribution >= 0.6 is 0 Å². The van der Waals surface area contributed by atoms with Gasteiger partial charge in [-0.3, -0.25) is 19.8 Å². The molecule has 1 aliphatic heterocycles. The molecule has 1 aliphatic carbocycles. The van der Waals surface area contributed by atoms with Gasteiger partial charge in [-0.05, 0) is 68.0 Å². The van der Waals surface area contributed by atoms with E-state index < -0.39 is 40.3 Å². The van der Waals surface area contributed by atoms with Gasteiger partial charge < -0.3 is 25.6 Å². The normalized spacial score (nSPS) is 17.6. The second kappa shape index (κ2) is 14.4. The minimum absolute atomic E-state index is 0.0237. The van der Waals surface area contributed by atoms with Gasteiger partial charge in [0.25, 0.3) is 0 Å². The Kier molecular flexibility index (Phi) is 10.6. The van der Waals surface area contributed by atoms with Crippen LogP contribution in [0.25, 0.3) is 11.4 Å². The Morgan fingerprint density at radius 3 is 2.60 bits per heavy atom. The molecule has 6 N–H and O–H groups in total. The fourth-order valence-electron chi connectivity index (χ4n) is 4.97. The number of carbonyl (C=O) groups is 3. The molecule has 1 saturated carbocycles. The van der Waals surface area contributed by atoms with Gasteiger partial charge in [-0.1, -0.05) is 0 Å². The number of hydrogen-bond acceptors (Lipinski definition) is 10. The summed E-state index contributed by atoms with van der Waals surface area (Å²) < 4.78 is 34.3. The number of esters is 1. The summed E-state index contributed by atoms with van der Waals surface area (Å²) in [5.41, 5.74) is 6.15. The van der Waals surface area contributed by atoms with Crippen LogP contribution in [0.5, 0.6) is 0 Å². The molecule has 234 valence electrons. The lowest BCUT2D eigenvalue weighted by Gasteiger charge is -2.33. The average molecular weight is 619 g/mol. The molecule has 43 heavy (non-hydrogen) atoms. The van der Waals surface area contributed by atoms with Crippen molar-refractivity contribution in [3.63, 3.8) is 0 Å². The minimum atomic E-state index is -4.24. The Morgan fingerprint density at radius 1 is 1.23 bits per heavy atom. The van der Waals surface area contributed by atoms with Crippen LogP contribution in [-0.4, -0.2) is 107 Å². The lowest BCUT2D eigenvalue weighted by molar-refractivity contribution is -0.144. The lowest BCUT2D eigenvalue weighted by Crippen LogP contribution is -2.52. The van der Waals surface area contributed by atoms with Crippen molar-refractivity contribution in [2.75, 3.05) is 32.8 Å². The maximum absolute atomic E-state index is 13.8. The van der Waals surface area contributed by atoms with Gasteiger partial charge in [-0.15, -0.1) is 10.2 Å². The Hall–Kier alpha value is -4.12. The number of aromatic amines is 1. The van der Waals surface area contributed by atoms with E-state index in [0.717, 1.165) is 12.8 Å². The van der Waals surface area contributed by atoms with Gasteiger partial charge in [0.1, 0.15) is 6.04 Å². The molecule has 0 unspecified atom stereocenters. The van der Waals surface area contributed by atoms with Crippen molar-refractivity contribution in [1.82, 2.24) is 40.5 Å². The zero-order valence-electron chi connectivity index (χ0n) is 24.0. The van der Waals surface area contributed by atoms with E-state index in [1.807, 2.05) is 0 Å². The molecular weight excluding hydrogens is 580 g/mol. The van der Waals surface area contributed by atoms with E-state index in [4.69, 9.17) is 15.9 Å². The number of likely N-dealkylation sites (tertiary alicyclic amines) is 1. The molecule has 2 aliphatic rings. The molecule has 17 heteroatoms. The molecule has 16 nitrogen and oxygen atoms in total. The quantitative estimate of drug-likeness (QED) is 0.104. The zero-order valence-corrected chi connectivity index (χ0v) is 24.8. The van der Waals surface area contributed by atoms with Gasteiger partial charge in [0.05, 0.1) is 24.3 Å². The lowest BCUT2D eigenvalue weighted by atomic mass is 9.98. The maximum atomic E-state index is 13.8. The summed E-state index contributed by atoms with van der Waals surface area (Å²) in [4.78, 5) is 41.9. The summed E-state index contributed by atoms with van der Waals surface area (Å²) in [6.07, 6.45) is 2.60. The number of tetrazole rings is 1. The number of H-pyrrole nitrogens is 1. The van der Waals surface area contributed by atoms with Crippen LogP contribution < -0.4 is 15.8 Å². The number of nitrogens with two attached hydrogens (primary N) is 1. The number of rotatable bonds is 14. The number of sulfonamides is 1. The minimum Gasteiger partial charge on any atom is -0.466 e. The number of aromatic nitrogens is 4. The number of hydrogen-bond donors (Lipinski definition) is 5.